The molecule has 1 fully saturated rings. The van der Waals surface area contributed by atoms with Crippen LogP contribution >= 0.6 is 0 Å². The van der Waals surface area contributed by atoms with Crippen LogP contribution in [0.4, 0.5) is 0 Å². The Morgan fingerprint density at radius 1 is 0.773 bits per heavy atom. The van der Waals surface area contributed by atoms with Crippen molar-refractivity contribution >= 4 is 0 Å². The third-order valence-corrected chi connectivity index (χ3v) is 4.60. The van der Waals surface area contributed by atoms with Gasteiger partial charge in [-0.15, -0.1) is 0 Å². The zero-order valence-corrected chi connectivity index (χ0v) is 13.5. The molecule has 1 aliphatic rings. The smallest absolute Gasteiger partial charge is 0.0110 e. The van der Waals surface area contributed by atoms with Gasteiger partial charge in [-0.2, -0.15) is 0 Å². The number of hydrogen-bond donors (Lipinski definition) is 0. The Labute approximate surface area is 134 Å². The maximum Gasteiger partial charge on any atom is 0.0110 e. The highest BCUT2D eigenvalue weighted by Crippen LogP contribution is 2.19. The van der Waals surface area contributed by atoms with Crippen LogP contribution in [-0.2, 0) is 6.42 Å². The molecular weight excluding hydrogens is 268 g/mol. The molecule has 1 aliphatic heterocycles. The van der Waals surface area contributed by atoms with E-state index in [2.05, 4.69) is 71.4 Å². The third-order valence-electron chi connectivity index (χ3n) is 4.60. The van der Waals surface area contributed by atoms with Crippen molar-refractivity contribution in [1.82, 2.24) is 9.80 Å². The van der Waals surface area contributed by atoms with Gasteiger partial charge in [0.1, 0.15) is 0 Å². The number of nitrogens with zero attached hydrogens (tertiary/aromatic N) is 2. The van der Waals surface area contributed by atoms with Crippen LogP contribution in [0.25, 0.3) is 11.1 Å². The first-order chi connectivity index (χ1) is 10.8. The van der Waals surface area contributed by atoms with Crippen molar-refractivity contribution < 1.29 is 0 Å². The van der Waals surface area contributed by atoms with Crippen LogP contribution in [0.3, 0.4) is 0 Å². The molecule has 0 spiro atoms. The van der Waals surface area contributed by atoms with Gasteiger partial charge in [-0.1, -0.05) is 54.6 Å². The van der Waals surface area contributed by atoms with E-state index in [1.54, 1.807) is 0 Å². The SMILES string of the molecule is CN1CCN(CCCc2ccc(-c3ccccc3)cc2)CC1. The van der Waals surface area contributed by atoms with E-state index in [4.69, 9.17) is 0 Å². The molecule has 0 aliphatic carbocycles. The molecule has 2 nitrogen and oxygen atoms in total. The molecule has 0 amide bonds. The second-order valence-corrected chi connectivity index (χ2v) is 6.31. The Morgan fingerprint density at radius 2 is 1.41 bits per heavy atom. The summed E-state index contributed by atoms with van der Waals surface area (Å²) in [7, 11) is 2.21. The van der Waals surface area contributed by atoms with Gasteiger partial charge in [0.15, 0.2) is 0 Å². The second-order valence-electron chi connectivity index (χ2n) is 6.31. The summed E-state index contributed by atoms with van der Waals surface area (Å²) in [5.41, 5.74) is 4.06. The summed E-state index contributed by atoms with van der Waals surface area (Å²) in [4.78, 5) is 5.01. The number of aryl methyl sites for hydroxylation is 1. The minimum atomic E-state index is 1.18. The standard InChI is InChI=1S/C20H26N2/c1-21-14-16-22(17-15-21)13-5-6-18-9-11-20(12-10-18)19-7-3-2-4-8-19/h2-4,7-12H,5-6,13-17H2,1H3. The van der Waals surface area contributed by atoms with Crippen molar-refractivity contribution in [2.75, 3.05) is 39.8 Å². The monoisotopic (exact) mass is 294 g/mol. The molecule has 22 heavy (non-hydrogen) atoms. The van der Waals surface area contributed by atoms with E-state index < -0.39 is 0 Å². The van der Waals surface area contributed by atoms with E-state index in [1.807, 2.05) is 0 Å². The summed E-state index contributed by atoms with van der Waals surface area (Å²) in [5, 5.41) is 0. The highest BCUT2D eigenvalue weighted by atomic mass is 15.2. The van der Waals surface area contributed by atoms with Gasteiger partial charge in [-0.05, 0) is 43.1 Å². The number of benzene rings is 2. The average molecular weight is 294 g/mol. The maximum absolute atomic E-state index is 2.60. The molecule has 2 aromatic carbocycles. The molecule has 0 saturated carbocycles. The van der Waals surface area contributed by atoms with Crippen molar-refractivity contribution in [2.45, 2.75) is 12.8 Å². The molecular formula is C20H26N2. The largest absolute Gasteiger partial charge is 0.304 e. The van der Waals surface area contributed by atoms with Crippen LogP contribution in [-0.4, -0.2) is 49.6 Å². The Bertz CT molecular complexity index is 554. The molecule has 0 radical (unpaired) electrons. The van der Waals surface area contributed by atoms with Crippen LogP contribution in [0.1, 0.15) is 12.0 Å². The highest BCUT2D eigenvalue weighted by molar-refractivity contribution is 5.63. The topological polar surface area (TPSA) is 6.48 Å². The van der Waals surface area contributed by atoms with Crippen LogP contribution in [0.2, 0.25) is 0 Å². The minimum absolute atomic E-state index is 1.18. The molecule has 2 heteroatoms. The molecule has 0 N–H and O–H groups in total. The van der Waals surface area contributed by atoms with Crippen LogP contribution in [0.15, 0.2) is 54.6 Å². The van der Waals surface area contributed by atoms with E-state index in [0.29, 0.717) is 0 Å². The maximum atomic E-state index is 2.60. The van der Waals surface area contributed by atoms with Crippen molar-refractivity contribution in [1.29, 1.82) is 0 Å². The van der Waals surface area contributed by atoms with Gasteiger partial charge in [0, 0.05) is 26.2 Å². The summed E-state index contributed by atoms with van der Waals surface area (Å²) in [6.07, 6.45) is 2.44. The minimum Gasteiger partial charge on any atom is -0.304 e. The number of piperazine rings is 1. The first-order valence-electron chi connectivity index (χ1n) is 8.36. The third kappa shape index (κ3) is 4.19. The van der Waals surface area contributed by atoms with E-state index >= 15 is 0 Å². The quantitative estimate of drug-likeness (QED) is 0.832. The van der Waals surface area contributed by atoms with Gasteiger partial charge in [-0.25, -0.2) is 0 Å². The predicted octanol–water partition coefficient (Wildman–Crippen LogP) is 3.53. The Kier molecular flexibility index (Phi) is 5.25. The fraction of sp³-hybridized carbons (Fsp3) is 0.400. The fourth-order valence-corrected chi connectivity index (χ4v) is 3.07. The molecule has 116 valence electrons. The lowest BCUT2D eigenvalue weighted by molar-refractivity contribution is 0.153. The number of rotatable bonds is 5. The first-order valence-corrected chi connectivity index (χ1v) is 8.36. The van der Waals surface area contributed by atoms with Crippen molar-refractivity contribution in [3.8, 4) is 11.1 Å². The van der Waals surface area contributed by atoms with Gasteiger partial charge < -0.3 is 9.80 Å². The van der Waals surface area contributed by atoms with E-state index in [-0.39, 0.29) is 0 Å². The second kappa shape index (κ2) is 7.57. The summed E-state index contributed by atoms with van der Waals surface area (Å²) in [5.74, 6) is 0. The summed E-state index contributed by atoms with van der Waals surface area (Å²) in [6.45, 7) is 6.11. The van der Waals surface area contributed by atoms with E-state index in [9.17, 15) is 0 Å². The first kappa shape index (κ1) is 15.3. The zero-order chi connectivity index (χ0) is 15.2. The molecule has 3 rings (SSSR count). The highest BCUT2D eigenvalue weighted by Gasteiger charge is 2.12. The fourth-order valence-electron chi connectivity index (χ4n) is 3.07. The van der Waals surface area contributed by atoms with Crippen molar-refractivity contribution in [2.24, 2.45) is 0 Å². The molecule has 0 bridgehead atoms. The van der Waals surface area contributed by atoms with E-state index in [0.717, 1.165) is 0 Å². The number of likely N-dealkylation sites (N-methyl/N-ethyl adjacent to an activating group) is 1. The predicted molar refractivity (Wildman–Crippen MR) is 94.1 cm³/mol. The summed E-state index contributed by atoms with van der Waals surface area (Å²) >= 11 is 0. The van der Waals surface area contributed by atoms with Crippen LogP contribution in [0, 0.1) is 0 Å². The van der Waals surface area contributed by atoms with Gasteiger partial charge >= 0.3 is 0 Å². The van der Waals surface area contributed by atoms with Gasteiger partial charge in [0.2, 0.25) is 0 Å². The molecule has 0 aromatic heterocycles. The molecule has 1 heterocycles. The van der Waals surface area contributed by atoms with E-state index in [1.165, 1.54) is 62.3 Å². The van der Waals surface area contributed by atoms with Crippen LogP contribution in [0.5, 0.6) is 0 Å². The molecule has 2 aromatic rings. The average Bonchev–Trinajstić information content (AvgIpc) is 2.58. The van der Waals surface area contributed by atoms with Crippen LogP contribution < -0.4 is 0 Å². The lowest BCUT2D eigenvalue weighted by Gasteiger charge is -2.32. The normalized spacial score (nSPS) is 16.8. The molecule has 0 unspecified atom stereocenters. The Hall–Kier alpha value is -1.64. The summed E-state index contributed by atoms with van der Waals surface area (Å²) in [6, 6.07) is 19.7. The lowest BCUT2D eigenvalue weighted by Crippen LogP contribution is -2.44. The number of hydrogen-bond acceptors (Lipinski definition) is 2. The Morgan fingerprint density at radius 3 is 2.09 bits per heavy atom. The Balaban J connectivity index is 1.47. The molecule has 1 saturated heterocycles. The van der Waals surface area contributed by atoms with Crippen molar-refractivity contribution in [3.63, 3.8) is 0 Å². The lowest BCUT2D eigenvalue weighted by atomic mass is 10.0. The van der Waals surface area contributed by atoms with Gasteiger partial charge in [-0.3, -0.25) is 0 Å². The van der Waals surface area contributed by atoms with Gasteiger partial charge in [0.25, 0.3) is 0 Å². The molecule has 0 atom stereocenters. The summed E-state index contributed by atoms with van der Waals surface area (Å²) < 4.78 is 0. The van der Waals surface area contributed by atoms with Gasteiger partial charge in [0.05, 0.1) is 0 Å². The van der Waals surface area contributed by atoms with Crippen molar-refractivity contribution in [3.05, 3.63) is 60.2 Å². The zero-order valence-electron chi connectivity index (χ0n) is 13.5.